The molecule has 0 unspecified atom stereocenters. The Labute approximate surface area is 68.6 Å². The summed E-state index contributed by atoms with van der Waals surface area (Å²) in [6.45, 7) is -0.250. The molecule has 0 rings (SSSR count). The normalized spacial score (nSPS) is 5.25. The molecule has 0 bridgehead atoms. The Morgan fingerprint density at radius 1 is 1.38 bits per heavy atom. The summed E-state index contributed by atoms with van der Waals surface area (Å²) in [6.07, 6.45) is 0. The van der Waals surface area contributed by atoms with E-state index in [0.29, 0.717) is 0 Å². The van der Waals surface area contributed by atoms with Gasteiger partial charge in [-0.15, -0.1) is 5.34 Å². The molecular formula is C2H6NNaO4. The zero-order chi connectivity index (χ0) is 6.12. The van der Waals surface area contributed by atoms with Crippen molar-refractivity contribution in [3.8, 4) is 0 Å². The van der Waals surface area contributed by atoms with E-state index < -0.39 is 0 Å². The molecule has 0 aromatic rings. The number of hydrogen-bond acceptors (Lipinski definition) is 5. The van der Waals surface area contributed by atoms with E-state index in [-0.39, 0.29) is 42.8 Å². The van der Waals surface area contributed by atoms with Gasteiger partial charge in [0.1, 0.15) is 0 Å². The van der Waals surface area contributed by atoms with Crippen molar-refractivity contribution in [3.05, 3.63) is 10.1 Å². The predicted molar refractivity (Wildman–Crippen MR) is 23.3 cm³/mol. The van der Waals surface area contributed by atoms with Crippen LogP contribution >= 0.6 is 0 Å². The molecule has 0 saturated heterocycles. The SMILES string of the molecule is O=N[O-].OCCO.[Na+]. The maximum absolute atomic E-state index is 8.00. The maximum atomic E-state index is 8.00. The fraction of sp³-hybridized carbons (Fsp3) is 1.00. The Morgan fingerprint density at radius 2 is 1.50 bits per heavy atom. The van der Waals surface area contributed by atoms with Crippen molar-refractivity contribution >= 4 is 0 Å². The largest absolute Gasteiger partial charge is 1.00 e. The molecule has 0 aliphatic heterocycles. The van der Waals surface area contributed by atoms with E-state index in [1.165, 1.54) is 0 Å². The smallest absolute Gasteiger partial charge is 0.444 e. The molecule has 0 radical (unpaired) electrons. The summed E-state index contributed by atoms with van der Waals surface area (Å²) in [7, 11) is 0. The second-order valence-electron chi connectivity index (χ2n) is 0.522. The number of aliphatic hydroxyl groups is 2. The van der Waals surface area contributed by atoms with E-state index in [2.05, 4.69) is 0 Å². The Kier molecular flexibility index (Phi) is 52.2. The third kappa shape index (κ3) is 103. The van der Waals surface area contributed by atoms with E-state index in [1.54, 1.807) is 0 Å². The van der Waals surface area contributed by atoms with Gasteiger partial charge in [0.2, 0.25) is 0 Å². The molecule has 0 atom stereocenters. The van der Waals surface area contributed by atoms with Crippen molar-refractivity contribution < 1.29 is 39.8 Å². The molecule has 0 spiro atoms. The van der Waals surface area contributed by atoms with Crippen LogP contribution in [0, 0.1) is 10.1 Å². The minimum absolute atomic E-state index is 0. The first kappa shape index (κ1) is 15.8. The van der Waals surface area contributed by atoms with Gasteiger partial charge in [-0.25, -0.2) is 0 Å². The van der Waals surface area contributed by atoms with Gasteiger partial charge in [-0.1, -0.05) is 0 Å². The van der Waals surface area contributed by atoms with Crippen LogP contribution in [0.4, 0.5) is 0 Å². The first-order chi connectivity index (χ1) is 3.33. The maximum Gasteiger partial charge on any atom is 1.00 e. The number of aliphatic hydroxyl groups excluding tert-OH is 2. The summed E-state index contributed by atoms with van der Waals surface area (Å²) < 4.78 is 0. The molecule has 0 heterocycles. The van der Waals surface area contributed by atoms with Gasteiger partial charge in [0.25, 0.3) is 0 Å². The first-order valence-corrected chi connectivity index (χ1v) is 1.50. The van der Waals surface area contributed by atoms with Crippen LogP contribution in [0.2, 0.25) is 0 Å². The minimum atomic E-state index is -0.125. The van der Waals surface area contributed by atoms with Crippen LogP contribution in [0.1, 0.15) is 0 Å². The molecule has 2 N–H and O–H groups in total. The summed E-state index contributed by atoms with van der Waals surface area (Å²) >= 11 is 0. The van der Waals surface area contributed by atoms with Crippen molar-refractivity contribution in [1.82, 2.24) is 0 Å². The summed E-state index contributed by atoms with van der Waals surface area (Å²) in [5, 5.41) is 24.2. The molecule has 0 saturated carbocycles. The van der Waals surface area contributed by atoms with Gasteiger partial charge in [0.05, 0.1) is 13.2 Å². The van der Waals surface area contributed by atoms with Crippen LogP contribution in [0.15, 0.2) is 5.34 Å². The Hall–Kier alpha value is 0.320. The zero-order valence-corrected chi connectivity index (χ0v) is 6.57. The number of rotatable bonds is 1. The van der Waals surface area contributed by atoms with Crippen LogP contribution in [-0.4, -0.2) is 23.4 Å². The van der Waals surface area contributed by atoms with Gasteiger partial charge in [0.15, 0.2) is 0 Å². The van der Waals surface area contributed by atoms with Crippen LogP contribution in [0.3, 0.4) is 0 Å². The van der Waals surface area contributed by atoms with E-state index in [4.69, 9.17) is 20.3 Å². The predicted octanol–water partition coefficient (Wildman–Crippen LogP) is -3.77. The van der Waals surface area contributed by atoms with Gasteiger partial charge in [-0.3, -0.25) is 0 Å². The fourth-order valence-corrected chi connectivity index (χ4v) is 0. The van der Waals surface area contributed by atoms with Gasteiger partial charge >= 0.3 is 29.6 Å². The third-order valence-electron chi connectivity index (χ3n) is 0.1000. The Bertz CT molecular complexity index is 33.2. The van der Waals surface area contributed by atoms with E-state index in [1.807, 2.05) is 0 Å². The standard InChI is InChI=1S/C2H6O2.HNO2.Na/c3-1-2-4;2-1-3;/h3-4H,1-2H2;(H,2,3);/q;;+1/p-1. The second-order valence-corrected chi connectivity index (χ2v) is 0.522. The summed E-state index contributed by atoms with van der Waals surface area (Å²) in [4.78, 5) is 8.00. The monoisotopic (exact) mass is 131 g/mol. The average Bonchev–Trinajstić information content (AvgIpc) is 1.69. The Morgan fingerprint density at radius 3 is 1.50 bits per heavy atom. The van der Waals surface area contributed by atoms with E-state index >= 15 is 0 Å². The number of hydrogen-bond donors (Lipinski definition) is 2. The molecule has 0 amide bonds. The molecule has 6 heteroatoms. The average molecular weight is 131 g/mol. The Balaban J connectivity index is -0.0000000575. The van der Waals surface area contributed by atoms with E-state index in [9.17, 15) is 0 Å². The van der Waals surface area contributed by atoms with Crippen molar-refractivity contribution in [3.63, 3.8) is 0 Å². The van der Waals surface area contributed by atoms with Gasteiger partial charge in [0, 0.05) is 0 Å². The quantitative estimate of drug-likeness (QED) is 0.217. The molecule has 0 fully saturated rings. The fourth-order valence-electron chi connectivity index (χ4n) is 0. The van der Waals surface area contributed by atoms with Crippen LogP contribution in [-0.2, 0) is 0 Å². The molecule has 8 heavy (non-hydrogen) atoms. The molecular weight excluding hydrogens is 125 g/mol. The molecule has 5 nitrogen and oxygen atoms in total. The number of nitrogens with zero attached hydrogens (tertiary/aromatic N) is 1. The van der Waals surface area contributed by atoms with Crippen molar-refractivity contribution in [2.45, 2.75) is 0 Å². The van der Waals surface area contributed by atoms with Gasteiger partial charge in [-0.05, 0) is 0 Å². The molecule has 0 aromatic heterocycles. The topological polar surface area (TPSA) is 93.0 Å². The minimum Gasteiger partial charge on any atom is -0.444 e. The van der Waals surface area contributed by atoms with E-state index in [0.717, 1.165) is 5.34 Å². The summed E-state index contributed by atoms with van der Waals surface area (Å²) in [5.41, 5.74) is 0. The molecule has 0 aliphatic rings. The molecule has 0 aliphatic carbocycles. The molecule has 44 valence electrons. The first-order valence-electron chi connectivity index (χ1n) is 1.50. The second kappa shape index (κ2) is 26.5. The van der Waals surface area contributed by atoms with Crippen LogP contribution in [0.25, 0.3) is 0 Å². The van der Waals surface area contributed by atoms with Crippen molar-refractivity contribution in [2.24, 2.45) is 5.34 Å². The van der Waals surface area contributed by atoms with Crippen molar-refractivity contribution in [2.75, 3.05) is 13.2 Å². The summed E-state index contributed by atoms with van der Waals surface area (Å²) in [5.74, 6) is 0. The van der Waals surface area contributed by atoms with Gasteiger partial charge < -0.3 is 20.3 Å². The van der Waals surface area contributed by atoms with Gasteiger partial charge in [-0.2, -0.15) is 0 Å². The third-order valence-corrected chi connectivity index (χ3v) is 0.1000. The summed E-state index contributed by atoms with van der Waals surface area (Å²) in [6, 6.07) is 0. The van der Waals surface area contributed by atoms with Crippen molar-refractivity contribution in [1.29, 1.82) is 0 Å². The molecule has 0 aromatic carbocycles. The van der Waals surface area contributed by atoms with Crippen LogP contribution < -0.4 is 29.6 Å². The zero-order valence-electron chi connectivity index (χ0n) is 4.57. The van der Waals surface area contributed by atoms with Crippen LogP contribution in [0.5, 0.6) is 0 Å².